The summed E-state index contributed by atoms with van der Waals surface area (Å²) < 4.78 is 0. The van der Waals surface area contributed by atoms with Crippen LogP contribution in [-0.4, -0.2) is 65.0 Å². The third-order valence-corrected chi connectivity index (χ3v) is 5.69. The Morgan fingerprint density at radius 1 is 1.08 bits per heavy atom. The smallest absolute Gasteiger partial charge is 0.247 e. The second kappa shape index (κ2) is 11.1. The molecule has 2 N–H and O–H groups in total. The maximum atomic E-state index is 12.1. The lowest BCUT2D eigenvalue weighted by molar-refractivity contribution is -0.111. The van der Waals surface area contributed by atoms with Crippen LogP contribution >= 0.6 is 11.6 Å². The van der Waals surface area contributed by atoms with Crippen LogP contribution in [-0.2, 0) is 4.79 Å². The normalized spacial score (nSPS) is 10.9. The van der Waals surface area contributed by atoms with Crippen LogP contribution in [0.3, 0.4) is 0 Å². The highest BCUT2D eigenvalue weighted by atomic mass is 35.5. The molecule has 1 amide bonds. The van der Waals surface area contributed by atoms with Crippen LogP contribution in [0.15, 0.2) is 67.8 Å². The van der Waals surface area contributed by atoms with Gasteiger partial charge >= 0.3 is 0 Å². The van der Waals surface area contributed by atoms with E-state index < -0.39 is 0 Å². The summed E-state index contributed by atoms with van der Waals surface area (Å²) >= 11 is 6.15. The second-order valence-electron chi connectivity index (χ2n) is 8.45. The number of hydrogen-bond acceptors (Lipinski definition) is 8. The first-order valence-electron chi connectivity index (χ1n) is 11.3. The van der Waals surface area contributed by atoms with Crippen molar-refractivity contribution in [3.63, 3.8) is 0 Å². The minimum atomic E-state index is -0.290. The molecule has 10 heteroatoms. The van der Waals surface area contributed by atoms with Gasteiger partial charge in [-0.1, -0.05) is 18.2 Å². The highest BCUT2D eigenvalue weighted by Gasteiger charge is 2.13. The molecular weight excluding hydrogens is 476 g/mol. The third kappa shape index (κ3) is 5.94. The molecule has 0 spiro atoms. The SMILES string of the molecule is C=CC(=O)Nc1cc(Nc2ncc3nccc(-c4cncc(Cl)c4)c3n2)ccc1N(C)CCN(C)C. The van der Waals surface area contributed by atoms with Gasteiger partial charge in [-0.15, -0.1) is 0 Å². The molecule has 0 unspecified atom stereocenters. The summed E-state index contributed by atoms with van der Waals surface area (Å²) in [6.45, 7) is 5.22. The number of fused-ring (bicyclic) bond motifs is 1. The summed E-state index contributed by atoms with van der Waals surface area (Å²) in [5.41, 5.74) is 5.25. The number of pyridine rings is 2. The Hall–Kier alpha value is -4.08. The van der Waals surface area contributed by atoms with E-state index in [1.165, 1.54) is 6.08 Å². The van der Waals surface area contributed by atoms with Crippen molar-refractivity contribution in [2.45, 2.75) is 0 Å². The van der Waals surface area contributed by atoms with Crippen molar-refractivity contribution in [3.05, 3.63) is 72.8 Å². The quantitative estimate of drug-likeness (QED) is 0.320. The molecule has 0 saturated carbocycles. The van der Waals surface area contributed by atoms with Crippen molar-refractivity contribution in [1.29, 1.82) is 0 Å². The minimum absolute atomic E-state index is 0.290. The zero-order chi connectivity index (χ0) is 25.7. The summed E-state index contributed by atoms with van der Waals surface area (Å²) in [4.78, 5) is 34.0. The van der Waals surface area contributed by atoms with E-state index in [4.69, 9.17) is 16.6 Å². The van der Waals surface area contributed by atoms with Gasteiger partial charge in [0.25, 0.3) is 0 Å². The summed E-state index contributed by atoms with van der Waals surface area (Å²) in [6, 6.07) is 9.42. The molecule has 3 heterocycles. The number of hydrogen-bond donors (Lipinski definition) is 2. The standard InChI is InChI=1S/C26H27ClN8O/c1-5-24(36)32-21-13-19(6-7-23(21)35(4)11-10-34(2)3)31-26-30-16-22-25(33-26)20(8-9-29-22)17-12-18(27)15-28-14-17/h5-9,12-16H,1,10-11H2,2-4H3,(H,32,36)(H,30,31,33). The van der Waals surface area contributed by atoms with Gasteiger partial charge in [0.05, 0.1) is 22.6 Å². The lowest BCUT2D eigenvalue weighted by Crippen LogP contribution is -2.29. The number of nitrogens with zero attached hydrogens (tertiary/aromatic N) is 6. The Labute approximate surface area is 214 Å². The van der Waals surface area contributed by atoms with E-state index in [1.54, 1.807) is 24.8 Å². The first-order valence-corrected chi connectivity index (χ1v) is 11.6. The monoisotopic (exact) mass is 502 g/mol. The number of rotatable bonds is 9. The van der Waals surface area contributed by atoms with Crippen molar-refractivity contribution in [1.82, 2.24) is 24.8 Å². The molecule has 0 fully saturated rings. The predicted molar refractivity (Wildman–Crippen MR) is 146 cm³/mol. The molecule has 9 nitrogen and oxygen atoms in total. The molecule has 0 radical (unpaired) electrons. The average Bonchev–Trinajstić information content (AvgIpc) is 2.87. The third-order valence-electron chi connectivity index (χ3n) is 5.49. The Morgan fingerprint density at radius 3 is 2.67 bits per heavy atom. The van der Waals surface area contributed by atoms with Gasteiger partial charge in [-0.25, -0.2) is 9.97 Å². The summed E-state index contributed by atoms with van der Waals surface area (Å²) in [6.07, 6.45) is 7.93. The Morgan fingerprint density at radius 2 is 1.92 bits per heavy atom. The highest BCUT2D eigenvalue weighted by molar-refractivity contribution is 6.30. The number of nitrogens with one attached hydrogen (secondary N) is 2. The number of amides is 1. The number of carbonyl (C=O) groups is 1. The molecule has 1 aromatic carbocycles. The van der Waals surface area contributed by atoms with Gasteiger partial charge in [0.2, 0.25) is 11.9 Å². The van der Waals surface area contributed by atoms with E-state index in [-0.39, 0.29) is 5.91 Å². The molecule has 184 valence electrons. The molecule has 3 aromatic heterocycles. The van der Waals surface area contributed by atoms with Crippen molar-refractivity contribution >= 4 is 51.6 Å². The van der Waals surface area contributed by atoms with E-state index in [1.807, 2.05) is 51.5 Å². The summed E-state index contributed by atoms with van der Waals surface area (Å²) in [5, 5.41) is 6.67. The molecule has 36 heavy (non-hydrogen) atoms. The largest absolute Gasteiger partial charge is 0.372 e. The Balaban J connectivity index is 1.67. The maximum absolute atomic E-state index is 12.1. The molecule has 0 aliphatic carbocycles. The van der Waals surface area contributed by atoms with Crippen LogP contribution in [0.25, 0.3) is 22.2 Å². The van der Waals surface area contributed by atoms with E-state index in [0.717, 1.165) is 29.9 Å². The number of benzene rings is 1. The zero-order valence-electron chi connectivity index (χ0n) is 20.4. The van der Waals surface area contributed by atoms with E-state index >= 15 is 0 Å². The van der Waals surface area contributed by atoms with Gasteiger partial charge in [0.15, 0.2) is 0 Å². The number of aromatic nitrogens is 4. The Bertz CT molecular complexity index is 1410. The van der Waals surface area contributed by atoms with Gasteiger partial charge in [-0.3, -0.25) is 14.8 Å². The first-order chi connectivity index (χ1) is 17.3. The van der Waals surface area contributed by atoms with Crippen LogP contribution in [0, 0.1) is 0 Å². The number of carbonyl (C=O) groups excluding carboxylic acids is 1. The van der Waals surface area contributed by atoms with E-state index in [2.05, 4.69) is 42.0 Å². The van der Waals surface area contributed by atoms with Crippen molar-refractivity contribution in [2.75, 3.05) is 49.8 Å². The number of halogens is 1. The molecule has 4 aromatic rings. The molecule has 0 aliphatic heterocycles. The molecule has 0 aliphatic rings. The predicted octanol–water partition coefficient (Wildman–Crippen LogP) is 4.61. The van der Waals surface area contributed by atoms with Gasteiger partial charge in [-0.05, 0) is 50.5 Å². The van der Waals surface area contributed by atoms with E-state index in [9.17, 15) is 4.79 Å². The maximum Gasteiger partial charge on any atom is 0.247 e. The van der Waals surface area contributed by atoms with Gasteiger partial charge < -0.3 is 20.4 Å². The van der Waals surface area contributed by atoms with Gasteiger partial charge in [0, 0.05) is 55.5 Å². The zero-order valence-corrected chi connectivity index (χ0v) is 21.1. The van der Waals surface area contributed by atoms with Crippen LogP contribution < -0.4 is 15.5 Å². The summed E-state index contributed by atoms with van der Waals surface area (Å²) in [5.74, 6) is 0.101. The minimum Gasteiger partial charge on any atom is -0.372 e. The Kier molecular flexibility index (Phi) is 7.72. The van der Waals surface area contributed by atoms with Gasteiger partial charge in [0.1, 0.15) is 11.0 Å². The summed E-state index contributed by atoms with van der Waals surface area (Å²) in [7, 11) is 6.03. The average molecular weight is 503 g/mol. The lowest BCUT2D eigenvalue weighted by Gasteiger charge is -2.24. The van der Waals surface area contributed by atoms with Crippen molar-refractivity contribution in [2.24, 2.45) is 0 Å². The van der Waals surface area contributed by atoms with Crippen LogP contribution in [0.5, 0.6) is 0 Å². The lowest BCUT2D eigenvalue weighted by atomic mass is 10.1. The van der Waals surface area contributed by atoms with Gasteiger partial charge in [-0.2, -0.15) is 0 Å². The molecule has 4 rings (SSSR count). The number of anilines is 4. The molecule has 0 atom stereocenters. The van der Waals surface area contributed by atoms with Crippen molar-refractivity contribution < 1.29 is 4.79 Å². The molecule has 0 bridgehead atoms. The van der Waals surface area contributed by atoms with Crippen LogP contribution in [0.4, 0.5) is 23.0 Å². The molecular formula is C26H27ClN8O. The van der Waals surface area contributed by atoms with Crippen LogP contribution in [0.2, 0.25) is 5.02 Å². The second-order valence-corrected chi connectivity index (χ2v) is 8.89. The number of likely N-dealkylation sites (N-methyl/N-ethyl adjacent to an activating group) is 2. The first kappa shape index (κ1) is 25.0. The highest BCUT2D eigenvalue weighted by Crippen LogP contribution is 2.31. The fourth-order valence-corrected chi connectivity index (χ4v) is 3.80. The fraction of sp³-hybridized carbons (Fsp3) is 0.192. The van der Waals surface area contributed by atoms with Crippen molar-refractivity contribution in [3.8, 4) is 11.1 Å². The molecule has 0 saturated heterocycles. The topological polar surface area (TPSA) is 99.2 Å². The van der Waals surface area contributed by atoms with Crippen LogP contribution in [0.1, 0.15) is 0 Å². The van der Waals surface area contributed by atoms with E-state index in [0.29, 0.717) is 33.4 Å². The fourth-order valence-electron chi connectivity index (χ4n) is 3.62.